The largest absolute Gasteiger partial charge is 0.416 e. The van der Waals surface area contributed by atoms with Gasteiger partial charge in [-0.1, -0.05) is 24.0 Å². The minimum atomic E-state index is -4.37. The number of nitrogens with two attached hydrogens (primary N) is 1. The van der Waals surface area contributed by atoms with Gasteiger partial charge in [-0.05, 0) is 36.8 Å². The Labute approximate surface area is 144 Å². The van der Waals surface area contributed by atoms with Gasteiger partial charge in [-0.15, -0.1) is 0 Å². The number of hydrogen-bond acceptors (Lipinski definition) is 3. The third-order valence-corrected chi connectivity index (χ3v) is 4.07. The van der Waals surface area contributed by atoms with E-state index in [0.29, 0.717) is 30.0 Å². The second-order valence-electron chi connectivity index (χ2n) is 6.34. The zero-order valence-electron chi connectivity index (χ0n) is 13.6. The van der Waals surface area contributed by atoms with Crippen LogP contribution in [0, 0.1) is 17.3 Å². The number of aromatic nitrogens is 1. The Morgan fingerprint density at radius 1 is 1.20 bits per heavy atom. The van der Waals surface area contributed by atoms with Crippen molar-refractivity contribution >= 4 is 0 Å². The fourth-order valence-corrected chi connectivity index (χ4v) is 2.51. The molecule has 1 atom stereocenters. The summed E-state index contributed by atoms with van der Waals surface area (Å²) in [6.07, 6.45) is -2.77. The van der Waals surface area contributed by atoms with Crippen molar-refractivity contribution in [2.24, 2.45) is 11.1 Å². The Morgan fingerprint density at radius 2 is 1.88 bits per heavy atom. The van der Waals surface area contributed by atoms with Gasteiger partial charge < -0.3 is 10.5 Å². The number of nitrogens with zero attached hydrogens (tertiary/aromatic N) is 1. The fraction of sp³-hybridized carbons (Fsp3) is 0.316. The highest BCUT2D eigenvalue weighted by atomic mass is 19.4. The van der Waals surface area contributed by atoms with Crippen molar-refractivity contribution in [2.45, 2.75) is 19.1 Å². The van der Waals surface area contributed by atoms with E-state index in [2.05, 4.69) is 16.8 Å². The van der Waals surface area contributed by atoms with Crippen molar-refractivity contribution < 1.29 is 17.9 Å². The Balaban J connectivity index is 1.88. The van der Waals surface area contributed by atoms with E-state index in [9.17, 15) is 13.2 Å². The van der Waals surface area contributed by atoms with Crippen LogP contribution in [0.25, 0.3) is 0 Å². The molecule has 0 spiro atoms. The molecular weight excluding hydrogens is 329 g/mol. The first kappa shape index (κ1) is 17.5. The first-order chi connectivity index (χ1) is 11.8. The average Bonchev–Trinajstić information content (AvgIpc) is 2.57. The van der Waals surface area contributed by atoms with Crippen molar-refractivity contribution in [3.63, 3.8) is 0 Å². The molecule has 1 aliphatic heterocycles. The molecule has 130 valence electrons. The quantitative estimate of drug-likeness (QED) is 0.846. The first-order valence-corrected chi connectivity index (χ1v) is 7.77. The lowest BCUT2D eigenvalue weighted by molar-refractivity contribution is -0.137. The number of ether oxygens (including phenoxy) is 1. The maximum Gasteiger partial charge on any atom is 0.416 e. The highest BCUT2D eigenvalue weighted by molar-refractivity contribution is 5.44. The predicted octanol–water partition coefficient (Wildman–Crippen LogP) is 3.54. The second-order valence-corrected chi connectivity index (χ2v) is 6.34. The molecule has 1 aliphatic rings. The number of alkyl halides is 3. The summed E-state index contributed by atoms with van der Waals surface area (Å²) < 4.78 is 43.2. The van der Waals surface area contributed by atoms with Crippen LogP contribution < -0.4 is 5.73 Å². The van der Waals surface area contributed by atoms with E-state index in [1.807, 2.05) is 13.0 Å². The molecule has 2 heterocycles. The summed E-state index contributed by atoms with van der Waals surface area (Å²) in [5.74, 6) is 6.26. The van der Waals surface area contributed by atoms with Crippen LogP contribution in [-0.4, -0.2) is 18.2 Å². The van der Waals surface area contributed by atoms with Gasteiger partial charge in [0, 0.05) is 11.8 Å². The van der Waals surface area contributed by atoms with Crippen LogP contribution >= 0.6 is 0 Å². The molecule has 3 rings (SSSR count). The van der Waals surface area contributed by atoms with E-state index in [4.69, 9.17) is 10.5 Å². The van der Waals surface area contributed by atoms with Crippen molar-refractivity contribution in [1.29, 1.82) is 0 Å². The molecule has 1 aromatic carbocycles. The number of halogens is 3. The molecule has 0 saturated carbocycles. The molecule has 3 nitrogen and oxygen atoms in total. The van der Waals surface area contributed by atoms with E-state index < -0.39 is 17.8 Å². The van der Waals surface area contributed by atoms with Gasteiger partial charge in [0.25, 0.3) is 0 Å². The Kier molecular flexibility index (Phi) is 4.55. The SMILES string of the molecule is CC1(C#Cc2cccnc2C(N)c2ccc(C(F)(F)F)cc2)COC1. The lowest BCUT2D eigenvalue weighted by atomic mass is 9.89. The third-order valence-electron chi connectivity index (χ3n) is 4.07. The molecule has 1 aromatic heterocycles. The standard InChI is InChI=1S/C19H17F3N2O/c1-18(11-25-12-18)9-8-14-3-2-10-24-17(14)16(23)13-4-6-15(7-5-13)19(20,21)22/h2-7,10,16H,11-12,23H2,1H3. The molecule has 0 bridgehead atoms. The average molecular weight is 346 g/mol. The number of rotatable bonds is 2. The molecule has 0 aliphatic carbocycles. The van der Waals surface area contributed by atoms with E-state index in [1.54, 1.807) is 12.3 Å². The molecular formula is C19H17F3N2O. The number of hydrogen-bond donors (Lipinski definition) is 1. The Bertz CT molecular complexity index is 815. The van der Waals surface area contributed by atoms with E-state index in [1.165, 1.54) is 12.1 Å². The van der Waals surface area contributed by atoms with Crippen LogP contribution in [0.15, 0.2) is 42.6 Å². The minimum absolute atomic E-state index is 0.175. The van der Waals surface area contributed by atoms with Crippen molar-refractivity contribution in [3.05, 3.63) is 65.0 Å². The van der Waals surface area contributed by atoms with Crippen LogP contribution in [0.3, 0.4) is 0 Å². The molecule has 1 unspecified atom stereocenters. The highest BCUT2D eigenvalue weighted by Crippen LogP contribution is 2.31. The normalized spacial score (nSPS) is 17.2. The molecule has 25 heavy (non-hydrogen) atoms. The first-order valence-electron chi connectivity index (χ1n) is 7.77. The lowest BCUT2D eigenvalue weighted by Gasteiger charge is -2.32. The molecule has 0 amide bonds. The molecule has 0 radical (unpaired) electrons. The molecule has 2 aromatic rings. The van der Waals surface area contributed by atoms with Gasteiger partial charge in [0.2, 0.25) is 0 Å². The van der Waals surface area contributed by atoms with Crippen molar-refractivity contribution in [1.82, 2.24) is 4.98 Å². The predicted molar refractivity (Wildman–Crippen MR) is 87.5 cm³/mol. The van der Waals surface area contributed by atoms with Gasteiger partial charge in [-0.3, -0.25) is 4.98 Å². The van der Waals surface area contributed by atoms with Gasteiger partial charge >= 0.3 is 6.18 Å². The van der Waals surface area contributed by atoms with E-state index >= 15 is 0 Å². The summed E-state index contributed by atoms with van der Waals surface area (Å²) in [5.41, 5.74) is 7.10. The highest BCUT2D eigenvalue weighted by Gasteiger charge is 2.31. The van der Waals surface area contributed by atoms with Crippen LogP contribution in [0.2, 0.25) is 0 Å². The van der Waals surface area contributed by atoms with Gasteiger partial charge in [-0.2, -0.15) is 13.2 Å². The zero-order valence-corrected chi connectivity index (χ0v) is 13.6. The smallest absolute Gasteiger partial charge is 0.378 e. The van der Waals surface area contributed by atoms with Crippen molar-refractivity contribution in [2.75, 3.05) is 13.2 Å². The van der Waals surface area contributed by atoms with Crippen LogP contribution in [0.5, 0.6) is 0 Å². The zero-order chi connectivity index (χ0) is 18.1. The van der Waals surface area contributed by atoms with Crippen LogP contribution in [-0.2, 0) is 10.9 Å². The fourth-order valence-electron chi connectivity index (χ4n) is 2.51. The van der Waals surface area contributed by atoms with Gasteiger partial charge in [0.05, 0.1) is 35.9 Å². The van der Waals surface area contributed by atoms with Crippen molar-refractivity contribution in [3.8, 4) is 11.8 Å². The summed E-state index contributed by atoms with van der Waals surface area (Å²) in [7, 11) is 0. The van der Waals surface area contributed by atoms with Crippen LogP contribution in [0.1, 0.15) is 35.3 Å². The van der Waals surface area contributed by atoms with Crippen LogP contribution in [0.4, 0.5) is 13.2 Å². The summed E-state index contributed by atoms with van der Waals surface area (Å²) in [6, 6.07) is 7.71. The Morgan fingerprint density at radius 3 is 2.44 bits per heavy atom. The van der Waals surface area contributed by atoms with Gasteiger partial charge in [0.15, 0.2) is 0 Å². The minimum Gasteiger partial charge on any atom is -0.378 e. The second kappa shape index (κ2) is 6.51. The number of pyridine rings is 1. The van der Waals surface area contributed by atoms with Gasteiger partial charge in [0.1, 0.15) is 0 Å². The molecule has 1 saturated heterocycles. The Hall–Kier alpha value is -2.36. The third kappa shape index (κ3) is 3.84. The molecule has 6 heteroatoms. The summed E-state index contributed by atoms with van der Waals surface area (Å²) in [6.45, 7) is 3.18. The molecule has 2 N–H and O–H groups in total. The maximum absolute atomic E-state index is 12.7. The summed E-state index contributed by atoms with van der Waals surface area (Å²) in [4.78, 5) is 4.29. The van der Waals surface area contributed by atoms with Gasteiger partial charge in [-0.25, -0.2) is 0 Å². The summed E-state index contributed by atoms with van der Waals surface area (Å²) >= 11 is 0. The number of benzene rings is 1. The maximum atomic E-state index is 12.7. The van der Waals surface area contributed by atoms with E-state index in [-0.39, 0.29) is 5.41 Å². The topological polar surface area (TPSA) is 48.1 Å². The monoisotopic (exact) mass is 346 g/mol. The lowest BCUT2D eigenvalue weighted by Crippen LogP contribution is -2.38. The summed E-state index contributed by atoms with van der Waals surface area (Å²) in [5, 5.41) is 0. The van der Waals surface area contributed by atoms with E-state index in [0.717, 1.165) is 12.1 Å². The molecule has 1 fully saturated rings.